The molecule has 6 heteroatoms. The Labute approximate surface area is 175 Å². The molecule has 0 radical (unpaired) electrons. The van der Waals surface area contributed by atoms with Crippen LogP contribution in [0.2, 0.25) is 0 Å². The molecule has 0 unspecified atom stereocenters. The first-order valence-electron chi connectivity index (χ1n) is 10.5. The topological polar surface area (TPSA) is 47.0 Å². The van der Waals surface area contributed by atoms with E-state index in [-0.39, 0.29) is 0 Å². The highest BCUT2D eigenvalue weighted by atomic mass is 15.3. The molecule has 1 aromatic heterocycles. The maximum Gasteiger partial charge on any atom is 0.193 e. The number of nitrogens with one attached hydrogen (secondary N) is 1. The van der Waals surface area contributed by atoms with Gasteiger partial charge in [0.1, 0.15) is 5.82 Å². The summed E-state index contributed by atoms with van der Waals surface area (Å²) in [5, 5.41) is 3.52. The largest absolute Gasteiger partial charge is 0.354 e. The monoisotopic (exact) mass is 394 g/mol. The Kier molecular flexibility index (Phi) is 7.47. The molecule has 0 aliphatic carbocycles. The third-order valence-corrected chi connectivity index (χ3v) is 5.53. The molecule has 0 amide bonds. The van der Waals surface area contributed by atoms with Crippen LogP contribution in [0.5, 0.6) is 0 Å². The van der Waals surface area contributed by atoms with Gasteiger partial charge in [-0.1, -0.05) is 37.3 Å². The molecule has 1 fully saturated rings. The van der Waals surface area contributed by atoms with Gasteiger partial charge in [0.05, 0.1) is 0 Å². The van der Waals surface area contributed by atoms with Gasteiger partial charge in [0.2, 0.25) is 0 Å². The fourth-order valence-electron chi connectivity index (χ4n) is 3.66. The van der Waals surface area contributed by atoms with Crippen molar-refractivity contribution in [3.8, 4) is 0 Å². The highest BCUT2D eigenvalue weighted by molar-refractivity contribution is 5.79. The van der Waals surface area contributed by atoms with Crippen LogP contribution < -0.4 is 10.2 Å². The zero-order valence-corrected chi connectivity index (χ0v) is 18.2. The summed E-state index contributed by atoms with van der Waals surface area (Å²) in [6.07, 6.45) is 2.96. The number of rotatable bonds is 6. The molecule has 2 heterocycles. The molecule has 1 aliphatic rings. The van der Waals surface area contributed by atoms with Crippen LogP contribution >= 0.6 is 0 Å². The summed E-state index contributed by atoms with van der Waals surface area (Å²) >= 11 is 0. The van der Waals surface area contributed by atoms with E-state index < -0.39 is 0 Å². The Morgan fingerprint density at radius 2 is 1.79 bits per heavy atom. The molecule has 1 aromatic carbocycles. The predicted octanol–water partition coefficient (Wildman–Crippen LogP) is 2.60. The number of hydrogen-bond acceptors (Lipinski definition) is 4. The summed E-state index contributed by atoms with van der Waals surface area (Å²) in [4.78, 5) is 16.1. The van der Waals surface area contributed by atoms with Crippen LogP contribution in [0.15, 0.2) is 47.6 Å². The molecule has 6 nitrogen and oxygen atoms in total. The van der Waals surface area contributed by atoms with Gasteiger partial charge in [0.25, 0.3) is 0 Å². The molecular formula is C23H34N6. The normalized spacial score (nSPS) is 15.4. The van der Waals surface area contributed by atoms with Crippen molar-refractivity contribution in [2.24, 2.45) is 4.99 Å². The number of benzene rings is 1. The lowest BCUT2D eigenvalue weighted by atomic mass is 10.1. The first-order chi connectivity index (χ1) is 14.1. The molecule has 1 aliphatic heterocycles. The van der Waals surface area contributed by atoms with Gasteiger partial charge in [0.15, 0.2) is 5.96 Å². The Morgan fingerprint density at radius 1 is 1.10 bits per heavy atom. The van der Waals surface area contributed by atoms with Gasteiger partial charge in [0, 0.05) is 65.1 Å². The summed E-state index contributed by atoms with van der Waals surface area (Å²) in [6.45, 7) is 7.90. The average Bonchev–Trinajstić information content (AvgIpc) is 2.75. The first kappa shape index (κ1) is 21.1. The number of anilines is 1. The zero-order chi connectivity index (χ0) is 20.6. The standard InChI is InChI=1S/C23H34N6/c1-5-19-8-10-20(11-9-19)18-28(4)23(24-2)26-17-21-7-6-12-25-22(21)29-15-13-27(3)14-16-29/h6-12H,5,13-18H2,1-4H3,(H,24,26). The van der Waals surface area contributed by atoms with Gasteiger partial charge >= 0.3 is 0 Å². The SMILES string of the molecule is CCc1ccc(CN(C)C(=NC)NCc2cccnc2N2CCN(C)CC2)cc1. The Hall–Kier alpha value is -2.60. The maximum absolute atomic E-state index is 4.67. The highest BCUT2D eigenvalue weighted by Crippen LogP contribution is 2.18. The van der Waals surface area contributed by atoms with Crippen LogP contribution in [0.4, 0.5) is 5.82 Å². The van der Waals surface area contributed by atoms with Crippen molar-refractivity contribution in [1.29, 1.82) is 0 Å². The van der Waals surface area contributed by atoms with E-state index in [1.54, 1.807) is 0 Å². The van der Waals surface area contributed by atoms with Gasteiger partial charge in [-0.05, 0) is 30.7 Å². The van der Waals surface area contributed by atoms with Crippen LogP contribution in [-0.2, 0) is 19.5 Å². The molecule has 2 aromatic rings. The van der Waals surface area contributed by atoms with Crippen LogP contribution in [0, 0.1) is 0 Å². The Morgan fingerprint density at radius 3 is 2.45 bits per heavy atom. The van der Waals surface area contributed by atoms with Crippen molar-refractivity contribution < 1.29 is 0 Å². The van der Waals surface area contributed by atoms with Gasteiger partial charge in [-0.2, -0.15) is 0 Å². The molecule has 0 atom stereocenters. The van der Waals surface area contributed by atoms with E-state index >= 15 is 0 Å². The first-order valence-corrected chi connectivity index (χ1v) is 10.5. The van der Waals surface area contributed by atoms with E-state index in [1.807, 2.05) is 19.3 Å². The molecule has 0 spiro atoms. The summed E-state index contributed by atoms with van der Waals surface area (Å²) in [6, 6.07) is 13.0. The molecule has 0 bridgehead atoms. The molecule has 29 heavy (non-hydrogen) atoms. The number of nitrogens with zero attached hydrogens (tertiary/aromatic N) is 5. The quantitative estimate of drug-likeness (QED) is 0.603. The Bertz CT molecular complexity index is 793. The lowest BCUT2D eigenvalue weighted by molar-refractivity contribution is 0.311. The second-order valence-corrected chi connectivity index (χ2v) is 7.70. The summed E-state index contributed by atoms with van der Waals surface area (Å²) in [7, 11) is 6.09. The van der Waals surface area contributed by atoms with Crippen molar-refractivity contribution in [2.45, 2.75) is 26.4 Å². The van der Waals surface area contributed by atoms with E-state index in [9.17, 15) is 0 Å². The van der Waals surface area contributed by atoms with Crippen molar-refractivity contribution in [3.05, 3.63) is 59.3 Å². The van der Waals surface area contributed by atoms with Gasteiger partial charge in [-0.3, -0.25) is 4.99 Å². The van der Waals surface area contributed by atoms with E-state index in [0.29, 0.717) is 6.54 Å². The van der Waals surface area contributed by atoms with Crippen molar-refractivity contribution in [3.63, 3.8) is 0 Å². The minimum Gasteiger partial charge on any atom is -0.354 e. The number of guanidine groups is 1. The van der Waals surface area contributed by atoms with Crippen molar-refractivity contribution in [1.82, 2.24) is 20.1 Å². The Balaban J connectivity index is 1.61. The number of piperazine rings is 1. The predicted molar refractivity (Wildman–Crippen MR) is 121 cm³/mol. The number of aromatic nitrogens is 1. The van der Waals surface area contributed by atoms with Gasteiger partial charge < -0.3 is 20.0 Å². The van der Waals surface area contributed by atoms with Crippen molar-refractivity contribution in [2.75, 3.05) is 52.2 Å². The summed E-state index contributed by atoms with van der Waals surface area (Å²) < 4.78 is 0. The van der Waals surface area contributed by atoms with E-state index in [2.05, 4.69) is 81.3 Å². The maximum atomic E-state index is 4.67. The molecular weight excluding hydrogens is 360 g/mol. The lowest BCUT2D eigenvalue weighted by Crippen LogP contribution is -2.45. The lowest BCUT2D eigenvalue weighted by Gasteiger charge is -2.34. The number of hydrogen-bond donors (Lipinski definition) is 1. The van der Waals surface area contributed by atoms with Crippen LogP contribution in [0.1, 0.15) is 23.6 Å². The molecule has 1 saturated heterocycles. The molecule has 1 N–H and O–H groups in total. The third-order valence-electron chi connectivity index (χ3n) is 5.53. The molecule has 156 valence electrons. The van der Waals surface area contributed by atoms with Crippen molar-refractivity contribution >= 4 is 11.8 Å². The molecule has 3 rings (SSSR count). The minimum atomic E-state index is 0.710. The number of aryl methyl sites for hydroxylation is 1. The fourth-order valence-corrected chi connectivity index (χ4v) is 3.66. The smallest absolute Gasteiger partial charge is 0.193 e. The number of likely N-dealkylation sites (N-methyl/N-ethyl adjacent to an activating group) is 1. The van der Waals surface area contributed by atoms with E-state index in [1.165, 1.54) is 16.7 Å². The van der Waals surface area contributed by atoms with E-state index in [4.69, 9.17) is 0 Å². The minimum absolute atomic E-state index is 0.710. The van der Waals surface area contributed by atoms with Gasteiger partial charge in [-0.15, -0.1) is 0 Å². The second kappa shape index (κ2) is 10.3. The molecule has 0 saturated carbocycles. The summed E-state index contributed by atoms with van der Waals surface area (Å²) in [5.41, 5.74) is 3.86. The number of pyridine rings is 1. The highest BCUT2D eigenvalue weighted by Gasteiger charge is 2.18. The number of aliphatic imine (C=N–C) groups is 1. The van der Waals surface area contributed by atoms with E-state index in [0.717, 1.165) is 50.9 Å². The van der Waals surface area contributed by atoms with Crippen LogP contribution in [-0.4, -0.2) is 68.1 Å². The third kappa shape index (κ3) is 5.70. The average molecular weight is 395 g/mol. The zero-order valence-electron chi connectivity index (χ0n) is 18.2. The fraction of sp³-hybridized carbons (Fsp3) is 0.478. The van der Waals surface area contributed by atoms with Gasteiger partial charge in [-0.25, -0.2) is 4.98 Å². The second-order valence-electron chi connectivity index (χ2n) is 7.70. The summed E-state index contributed by atoms with van der Waals surface area (Å²) in [5.74, 6) is 1.97. The van der Waals surface area contributed by atoms with Crippen LogP contribution in [0.25, 0.3) is 0 Å². The van der Waals surface area contributed by atoms with Crippen LogP contribution in [0.3, 0.4) is 0 Å².